The lowest BCUT2D eigenvalue weighted by molar-refractivity contribution is -0.167. The first kappa shape index (κ1) is 41.0. The van der Waals surface area contributed by atoms with Crippen molar-refractivity contribution in [3.05, 3.63) is 42.0 Å². The molecule has 0 saturated heterocycles. The van der Waals surface area contributed by atoms with Gasteiger partial charge in [0.15, 0.2) is 11.4 Å². The number of carbonyl (C=O) groups is 4. The molecule has 8 nitrogen and oxygen atoms in total. The van der Waals surface area contributed by atoms with E-state index in [1.165, 1.54) is 25.3 Å². The van der Waals surface area contributed by atoms with Crippen LogP contribution >= 0.6 is 0 Å². The number of carbonyl (C=O) groups excluding carboxylic acids is 3. The number of rotatable bonds is 28. The van der Waals surface area contributed by atoms with Crippen LogP contribution in [0.1, 0.15) is 142 Å². The Kier molecular flexibility index (Phi) is 21.6. The average Bonchev–Trinajstić information content (AvgIpc) is 3.04. The summed E-state index contributed by atoms with van der Waals surface area (Å²) in [4.78, 5) is 50.8. The fourth-order valence-corrected chi connectivity index (χ4v) is 5.51. The maximum absolute atomic E-state index is 13.6. The minimum Gasteiger partial charge on any atom is -0.494 e. The van der Waals surface area contributed by atoms with Gasteiger partial charge in [-0.05, 0) is 62.6 Å². The van der Waals surface area contributed by atoms with Crippen molar-refractivity contribution in [2.24, 2.45) is 5.92 Å². The van der Waals surface area contributed by atoms with Gasteiger partial charge in [-0.1, -0.05) is 103 Å². The van der Waals surface area contributed by atoms with Crippen LogP contribution in [0.2, 0.25) is 0 Å². The molecule has 46 heavy (non-hydrogen) atoms. The monoisotopic (exact) mass is 643 g/mol. The fourth-order valence-electron chi connectivity index (χ4n) is 5.51. The molecule has 1 aromatic carbocycles. The van der Waals surface area contributed by atoms with E-state index in [0.29, 0.717) is 38.1 Å². The van der Waals surface area contributed by atoms with Gasteiger partial charge in [0.1, 0.15) is 11.5 Å². The summed E-state index contributed by atoms with van der Waals surface area (Å²) in [5.74, 6) is -2.62. The van der Waals surface area contributed by atoms with E-state index in [0.717, 1.165) is 62.7 Å². The van der Waals surface area contributed by atoms with E-state index in [1.807, 2.05) is 24.3 Å². The topological polar surface area (TPSA) is 130 Å². The van der Waals surface area contributed by atoms with Crippen molar-refractivity contribution in [1.29, 1.82) is 0 Å². The van der Waals surface area contributed by atoms with Crippen LogP contribution in [0, 0.1) is 5.92 Å². The smallest absolute Gasteiger partial charge is 0.336 e. The molecule has 0 fully saturated rings. The standard InChI is InChI=1S/C38H61NO7/c1-5-9-11-14-17-20-31(40)21-18-15-12-13-16-19-22-33(38(45,27-7-3)37(43)44)36(42)39-34(35(41)8-4)29-30-23-25-32(26-24-30)46-28-10-6-2/h19,22-26,33-34,45H,5-18,20-21,27-29H2,1-4H3,(H,39,42)(H,43,44)/b22-19+/t33-,34+,38+/m1/s1. The third kappa shape index (κ3) is 16.0. The summed E-state index contributed by atoms with van der Waals surface area (Å²) in [7, 11) is 0. The van der Waals surface area contributed by atoms with Crippen LogP contribution in [-0.4, -0.2) is 51.9 Å². The predicted octanol–water partition coefficient (Wildman–Crippen LogP) is 7.93. The third-order valence-corrected chi connectivity index (χ3v) is 8.45. The summed E-state index contributed by atoms with van der Waals surface area (Å²) < 4.78 is 5.72. The molecule has 1 aromatic rings. The normalized spacial score (nSPS) is 14.0. The number of allylic oxidation sites excluding steroid dienone is 1. The lowest BCUT2D eigenvalue weighted by Crippen LogP contribution is -2.54. The average molecular weight is 644 g/mol. The van der Waals surface area contributed by atoms with E-state index in [4.69, 9.17) is 4.74 Å². The highest BCUT2D eigenvalue weighted by atomic mass is 16.5. The molecule has 0 heterocycles. The first-order chi connectivity index (χ1) is 22.1. The Morgan fingerprint density at radius 3 is 2.00 bits per heavy atom. The Bertz CT molecular complexity index is 1050. The fraction of sp³-hybridized carbons (Fsp3) is 0.684. The van der Waals surface area contributed by atoms with Gasteiger partial charge in [0.05, 0.1) is 18.6 Å². The van der Waals surface area contributed by atoms with Gasteiger partial charge in [-0.3, -0.25) is 14.4 Å². The van der Waals surface area contributed by atoms with Crippen molar-refractivity contribution >= 4 is 23.4 Å². The molecule has 0 bridgehead atoms. The molecule has 8 heteroatoms. The zero-order chi connectivity index (χ0) is 34.2. The maximum atomic E-state index is 13.6. The van der Waals surface area contributed by atoms with Gasteiger partial charge in [-0.15, -0.1) is 0 Å². The van der Waals surface area contributed by atoms with Crippen LogP contribution in [0.4, 0.5) is 0 Å². The first-order valence-electron chi connectivity index (χ1n) is 17.8. The molecule has 0 aliphatic carbocycles. The van der Waals surface area contributed by atoms with Gasteiger partial charge in [0.2, 0.25) is 5.91 Å². The van der Waals surface area contributed by atoms with Crippen molar-refractivity contribution in [3.8, 4) is 5.75 Å². The number of aliphatic hydroxyl groups is 1. The van der Waals surface area contributed by atoms with Crippen LogP contribution in [0.3, 0.4) is 0 Å². The van der Waals surface area contributed by atoms with Gasteiger partial charge in [-0.2, -0.15) is 0 Å². The Morgan fingerprint density at radius 2 is 1.43 bits per heavy atom. The number of aliphatic carboxylic acids is 1. The number of hydrogen-bond acceptors (Lipinski definition) is 6. The molecule has 3 N–H and O–H groups in total. The van der Waals surface area contributed by atoms with E-state index in [-0.39, 0.29) is 25.0 Å². The highest BCUT2D eigenvalue weighted by Gasteiger charge is 2.46. The van der Waals surface area contributed by atoms with Crippen LogP contribution in [0.5, 0.6) is 5.75 Å². The number of unbranched alkanes of at least 4 members (excludes halogenated alkanes) is 9. The van der Waals surface area contributed by atoms with Gasteiger partial charge in [-0.25, -0.2) is 4.79 Å². The van der Waals surface area contributed by atoms with Crippen molar-refractivity contribution in [3.63, 3.8) is 0 Å². The molecule has 0 aliphatic heterocycles. The molecule has 0 radical (unpaired) electrons. The molecule has 260 valence electrons. The molecule has 0 saturated carbocycles. The number of amides is 1. The molecule has 0 aromatic heterocycles. The van der Waals surface area contributed by atoms with Crippen molar-refractivity contribution < 1.29 is 34.1 Å². The molecule has 1 amide bonds. The highest BCUT2D eigenvalue weighted by Crippen LogP contribution is 2.27. The maximum Gasteiger partial charge on any atom is 0.336 e. The van der Waals surface area contributed by atoms with Crippen LogP contribution in [0.25, 0.3) is 0 Å². The molecular weight excluding hydrogens is 582 g/mol. The second-order valence-electron chi connectivity index (χ2n) is 12.5. The molecular formula is C38H61NO7. The lowest BCUT2D eigenvalue weighted by atomic mass is 9.82. The number of ether oxygens (including phenoxy) is 1. The number of nitrogens with one attached hydrogen (secondary N) is 1. The lowest BCUT2D eigenvalue weighted by Gasteiger charge is -2.31. The number of carboxylic acid groups (broad SMARTS) is 1. The predicted molar refractivity (Wildman–Crippen MR) is 184 cm³/mol. The van der Waals surface area contributed by atoms with Crippen molar-refractivity contribution in [2.45, 2.75) is 155 Å². The Hall–Kier alpha value is -3.00. The van der Waals surface area contributed by atoms with E-state index >= 15 is 0 Å². The summed E-state index contributed by atoms with van der Waals surface area (Å²) in [6.07, 6.45) is 17.1. The Labute approximate surface area is 277 Å². The van der Waals surface area contributed by atoms with Gasteiger partial charge in [0.25, 0.3) is 0 Å². The number of hydrogen-bond donors (Lipinski definition) is 3. The minimum atomic E-state index is -2.30. The number of Topliss-reactive ketones (excluding diaryl/α,β-unsaturated/α-hetero) is 2. The number of benzene rings is 1. The molecule has 0 unspecified atom stereocenters. The molecule has 0 aliphatic rings. The summed E-state index contributed by atoms with van der Waals surface area (Å²) in [6, 6.07) is 6.53. The Morgan fingerprint density at radius 1 is 0.826 bits per heavy atom. The SMILES string of the molecule is CCCCCCCC(=O)CCCCCC/C=C/[C@H](C(=O)N[C@@H](Cc1ccc(OCCCC)cc1)C(=O)CC)[C@@](O)(CCC)C(=O)O. The minimum absolute atomic E-state index is 0.108. The van der Waals surface area contributed by atoms with Gasteiger partial charge in [0, 0.05) is 19.3 Å². The second-order valence-corrected chi connectivity index (χ2v) is 12.5. The summed E-state index contributed by atoms with van der Waals surface area (Å²) >= 11 is 0. The second kappa shape index (κ2) is 24.2. The molecule has 3 atom stereocenters. The zero-order valence-electron chi connectivity index (χ0n) is 29.0. The largest absolute Gasteiger partial charge is 0.494 e. The quantitative estimate of drug-likeness (QED) is 0.0624. The first-order valence-corrected chi connectivity index (χ1v) is 17.8. The van der Waals surface area contributed by atoms with Crippen LogP contribution in [0.15, 0.2) is 36.4 Å². The summed E-state index contributed by atoms with van der Waals surface area (Å²) in [6.45, 7) is 8.37. The van der Waals surface area contributed by atoms with Gasteiger partial charge >= 0.3 is 5.97 Å². The van der Waals surface area contributed by atoms with Gasteiger partial charge < -0.3 is 20.3 Å². The van der Waals surface area contributed by atoms with E-state index in [2.05, 4.69) is 19.2 Å². The Balaban J connectivity index is 2.81. The van der Waals surface area contributed by atoms with Crippen molar-refractivity contribution in [1.82, 2.24) is 5.32 Å². The van der Waals surface area contributed by atoms with E-state index in [1.54, 1.807) is 19.9 Å². The van der Waals surface area contributed by atoms with E-state index < -0.39 is 29.4 Å². The number of carboxylic acids is 1. The highest BCUT2D eigenvalue weighted by molar-refractivity contribution is 5.94. The van der Waals surface area contributed by atoms with Crippen molar-refractivity contribution in [2.75, 3.05) is 6.61 Å². The van der Waals surface area contributed by atoms with E-state index in [9.17, 15) is 29.4 Å². The summed E-state index contributed by atoms with van der Waals surface area (Å²) in [5.41, 5.74) is -1.47. The zero-order valence-corrected chi connectivity index (χ0v) is 29.0. The van der Waals surface area contributed by atoms with Crippen LogP contribution in [-0.2, 0) is 25.6 Å². The van der Waals surface area contributed by atoms with Crippen LogP contribution < -0.4 is 10.1 Å². The summed E-state index contributed by atoms with van der Waals surface area (Å²) in [5, 5.41) is 24.0. The molecule has 0 spiro atoms. The third-order valence-electron chi connectivity index (χ3n) is 8.45. The number of ketones is 2. The molecule has 1 rings (SSSR count).